The van der Waals surface area contributed by atoms with Crippen molar-refractivity contribution in [2.45, 2.75) is 31.7 Å². The largest absolute Gasteiger partial charge is 0.345 e. The van der Waals surface area contributed by atoms with Crippen molar-refractivity contribution in [2.24, 2.45) is 0 Å². The Morgan fingerprint density at radius 3 is 2.20 bits per heavy atom. The number of carbonyl (C=O) groups excluding carboxylic acids is 2. The number of nitrogens with one attached hydrogen (secondary N) is 2. The second-order valence-corrected chi connectivity index (χ2v) is 9.75. The summed E-state index contributed by atoms with van der Waals surface area (Å²) in [5, 5.41) is 5.55. The van der Waals surface area contributed by atoms with Crippen molar-refractivity contribution < 1.29 is 22.4 Å². The van der Waals surface area contributed by atoms with Crippen molar-refractivity contribution in [1.29, 1.82) is 0 Å². The summed E-state index contributed by atoms with van der Waals surface area (Å²) in [6.07, 6.45) is 0. The molecule has 0 saturated carbocycles. The van der Waals surface area contributed by atoms with Crippen LogP contribution in [-0.2, 0) is 10.0 Å². The fourth-order valence-electron chi connectivity index (χ4n) is 3.63. The zero-order valence-electron chi connectivity index (χ0n) is 19.8. The van der Waals surface area contributed by atoms with Gasteiger partial charge in [-0.1, -0.05) is 56.3 Å². The quantitative estimate of drug-likeness (QED) is 0.452. The molecule has 9 heteroatoms. The second kappa shape index (κ2) is 11.2. The van der Waals surface area contributed by atoms with Gasteiger partial charge in [0.1, 0.15) is 10.7 Å². The number of sulfonamides is 1. The predicted molar refractivity (Wildman–Crippen MR) is 133 cm³/mol. The smallest absolute Gasteiger partial charge is 0.255 e. The number of benzene rings is 3. The van der Waals surface area contributed by atoms with Crippen molar-refractivity contribution in [3.05, 3.63) is 95.3 Å². The summed E-state index contributed by atoms with van der Waals surface area (Å²) in [6.45, 7) is 5.48. The van der Waals surface area contributed by atoms with Gasteiger partial charge in [-0.05, 0) is 42.8 Å². The van der Waals surface area contributed by atoms with Crippen molar-refractivity contribution in [3.63, 3.8) is 0 Å². The van der Waals surface area contributed by atoms with E-state index in [0.29, 0.717) is 0 Å². The van der Waals surface area contributed by atoms with Gasteiger partial charge in [0.05, 0.1) is 17.3 Å². The molecule has 35 heavy (non-hydrogen) atoms. The lowest BCUT2D eigenvalue weighted by molar-refractivity contribution is 0.0940. The molecule has 0 bridgehead atoms. The molecule has 3 rings (SSSR count). The van der Waals surface area contributed by atoms with Gasteiger partial charge in [-0.3, -0.25) is 9.59 Å². The predicted octanol–water partition coefficient (Wildman–Crippen LogP) is 4.60. The molecule has 0 aliphatic rings. The number of nitrogens with zero attached hydrogens (tertiary/aromatic N) is 1. The van der Waals surface area contributed by atoms with Crippen LogP contribution in [0.4, 0.5) is 10.1 Å². The minimum absolute atomic E-state index is 0.0509. The van der Waals surface area contributed by atoms with Crippen LogP contribution in [0.2, 0.25) is 0 Å². The van der Waals surface area contributed by atoms with Gasteiger partial charge in [-0.15, -0.1) is 0 Å². The van der Waals surface area contributed by atoms with Gasteiger partial charge in [-0.25, -0.2) is 12.8 Å². The van der Waals surface area contributed by atoms with Crippen molar-refractivity contribution in [1.82, 2.24) is 9.62 Å². The van der Waals surface area contributed by atoms with E-state index in [-0.39, 0.29) is 41.9 Å². The molecule has 0 aliphatic heterocycles. The molecule has 2 amide bonds. The van der Waals surface area contributed by atoms with Crippen LogP contribution in [-0.4, -0.2) is 37.6 Å². The monoisotopic (exact) mass is 497 g/mol. The SMILES string of the molecule is CCN(CC)S(=O)(=O)c1cc(C(=O)Nc2ccccc2C(=O)NC(C)c2ccccc2)ccc1F. The number of hydrogen-bond donors (Lipinski definition) is 2. The summed E-state index contributed by atoms with van der Waals surface area (Å²) in [4.78, 5) is 25.3. The molecule has 1 unspecified atom stereocenters. The first-order valence-corrected chi connectivity index (χ1v) is 12.7. The number of rotatable bonds is 9. The highest BCUT2D eigenvalue weighted by molar-refractivity contribution is 7.89. The van der Waals surface area contributed by atoms with Gasteiger partial charge < -0.3 is 10.6 Å². The highest BCUT2D eigenvalue weighted by Gasteiger charge is 2.26. The molecular formula is C26H28FN3O4S. The molecule has 3 aromatic rings. The normalized spacial score (nSPS) is 12.3. The van der Waals surface area contributed by atoms with E-state index in [4.69, 9.17) is 0 Å². The molecule has 7 nitrogen and oxygen atoms in total. The van der Waals surface area contributed by atoms with Gasteiger partial charge in [-0.2, -0.15) is 4.31 Å². The van der Waals surface area contributed by atoms with Gasteiger partial charge in [0.2, 0.25) is 10.0 Å². The fraction of sp³-hybridized carbons (Fsp3) is 0.231. The maximum Gasteiger partial charge on any atom is 0.255 e. The third-order valence-corrected chi connectivity index (χ3v) is 7.65. The van der Waals surface area contributed by atoms with Crippen molar-refractivity contribution in [2.75, 3.05) is 18.4 Å². The summed E-state index contributed by atoms with van der Waals surface area (Å²) in [6, 6.07) is 18.8. The number of halogens is 1. The molecule has 184 valence electrons. The Morgan fingerprint density at radius 2 is 1.54 bits per heavy atom. The van der Waals surface area contributed by atoms with E-state index in [1.807, 2.05) is 37.3 Å². The van der Waals surface area contributed by atoms with Crippen LogP contribution in [0.25, 0.3) is 0 Å². The number of hydrogen-bond acceptors (Lipinski definition) is 4. The molecule has 0 aliphatic carbocycles. The van der Waals surface area contributed by atoms with Gasteiger partial charge in [0.25, 0.3) is 11.8 Å². The lowest BCUT2D eigenvalue weighted by Gasteiger charge is -2.19. The Hall–Kier alpha value is -3.56. The Labute approximate surface area is 205 Å². The minimum atomic E-state index is -4.11. The molecule has 0 heterocycles. The van der Waals surface area contributed by atoms with Crippen LogP contribution in [0.5, 0.6) is 0 Å². The van der Waals surface area contributed by atoms with E-state index in [0.717, 1.165) is 22.0 Å². The molecule has 2 N–H and O–H groups in total. The topological polar surface area (TPSA) is 95.6 Å². The lowest BCUT2D eigenvalue weighted by Crippen LogP contribution is -2.31. The van der Waals surface area contributed by atoms with Crippen LogP contribution in [0, 0.1) is 5.82 Å². The number of carbonyl (C=O) groups is 2. The highest BCUT2D eigenvalue weighted by atomic mass is 32.2. The first kappa shape index (κ1) is 26.1. The van der Waals surface area contributed by atoms with Gasteiger partial charge in [0, 0.05) is 18.7 Å². The van der Waals surface area contributed by atoms with Crippen LogP contribution < -0.4 is 10.6 Å². The third kappa shape index (κ3) is 5.93. The van der Waals surface area contributed by atoms with Gasteiger partial charge in [0.15, 0.2) is 0 Å². The second-order valence-electron chi connectivity index (χ2n) is 7.84. The van der Waals surface area contributed by atoms with Crippen LogP contribution in [0.15, 0.2) is 77.7 Å². The minimum Gasteiger partial charge on any atom is -0.345 e. The molecule has 3 aromatic carbocycles. The number of amides is 2. The van der Waals surface area contributed by atoms with Gasteiger partial charge >= 0.3 is 0 Å². The molecular weight excluding hydrogens is 469 g/mol. The van der Waals surface area contributed by atoms with E-state index in [1.165, 1.54) is 6.07 Å². The van der Waals surface area contributed by atoms with Crippen LogP contribution >= 0.6 is 0 Å². The zero-order valence-corrected chi connectivity index (χ0v) is 20.6. The number of para-hydroxylation sites is 1. The van der Waals surface area contributed by atoms with Crippen molar-refractivity contribution >= 4 is 27.5 Å². The average Bonchev–Trinajstić information content (AvgIpc) is 2.85. The Kier molecular flexibility index (Phi) is 8.37. The van der Waals surface area contributed by atoms with E-state index < -0.39 is 26.6 Å². The Bertz CT molecular complexity index is 1310. The number of anilines is 1. The summed E-state index contributed by atoms with van der Waals surface area (Å²) in [5.41, 5.74) is 1.36. The standard InChI is InChI=1S/C26H28FN3O4S/c1-4-30(5-2)35(33,34)24-17-20(15-16-22(24)27)25(31)29-23-14-10-9-13-21(23)26(32)28-18(3)19-11-7-6-8-12-19/h6-18H,4-5H2,1-3H3,(H,28,32)(H,29,31). The summed E-state index contributed by atoms with van der Waals surface area (Å²) >= 11 is 0. The molecule has 0 spiro atoms. The maximum atomic E-state index is 14.4. The zero-order chi connectivity index (χ0) is 25.6. The van der Waals surface area contributed by atoms with E-state index in [2.05, 4.69) is 10.6 Å². The lowest BCUT2D eigenvalue weighted by atomic mass is 10.1. The fourth-order valence-corrected chi connectivity index (χ4v) is 5.18. The Balaban J connectivity index is 1.85. The van der Waals surface area contributed by atoms with E-state index in [9.17, 15) is 22.4 Å². The highest BCUT2D eigenvalue weighted by Crippen LogP contribution is 2.23. The maximum absolute atomic E-state index is 14.4. The van der Waals surface area contributed by atoms with E-state index >= 15 is 0 Å². The third-order valence-electron chi connectivity index (χ3n) is 5.58. The molecule has 0 fully saturated rings. The first-order chi connectivity index (χ1) is 16.7. The van der Waals surface area contributed by atoms with Crippen molar-refractivity contribution in [3.8, 4) is 0 Å². The average molecular weight is 498 g/mol. The molecule has 0 aromatic heterocycles. The summed E-state index contributed by atoms with van der Waals surface area (Å²) in [7, 11) is -4.11. The van der Waals surface area contributed by atoms with E-state index in [1.54, 1.807) is 38.1 Å². The summed E-state index contributed by atoms with van der Waals surface area (Å²) in [5.74, 6) is -2.00. The summed E-state index contributed by atoms with van der Waals surface area (Å²) < 4.78 is 41.2. The first-order valence-electron chi connectivity index (χ1n) is 11.2. The van der Waals surface area contributed by atoms with Crippen LogP contribution in [0.3, 0.4) is 0 Å². The molecule has 0 radical (unpaired) electrons. The molecule has 1 atom stereocenters. The molecule has 0 saturated heterocycles. The van der Waals surface area contributed by atoms with Crippen LogP contribution in [0.1, 0.15) is 53.1 Å². The Morgan fingerprint density at radius 1 is 0.914 bits per heavy atom.